The van der Waals surface area contributed by atoms with Gasteiger partial charge in [-0.25, -0.2) is 9.98 Å². The van der Waals surface area contributed by atoms with Crippen molar-refractivity contribution in [1.29, 1.82) is 0 Å². The maximum Gasteiger partial charge on any atom is 0.243 e. The summed E-state index contributed by atoms with van der Waals surface area (Å²) in [5.74, 6) is 1.10. The summed E-state index contributed by atoms with van der Waals surface area (Å²) in [4.78, 5) is 24.3. The summed E-state index contributed by atoms with van der Waals surface area (Å²) in [5, 5.41) is 12.8. The zero-order valence-electron chi connectivity index (χ0n) is 13.6. The van der Waals surface area contributed by atoms with Crippen molar-refractivity contribution in [2.24, 2.45) is 12.0 Å². The maximum absolute atomic E-state index is 11.9. The van der Waals surface area contributed by atoms with Crippen LogP contribution in [0.25, 0.3) is 0 Å². The molecule has 0 saturated carbocycles. The molecule has 2 aromatic heterocycles. The average molecular weight is 444 g/mol. The van der Waals surface area contributed by atoms with E-state index in [1.54, 1.807) is 36.3 Å². The lowest BCUT2D eigenvalue weighted by atomic mass is 10.4. The van der Waals surface area contributed by atoms with Gasteiger partial charge in [-0.1, -0.05) is 0 Å². The molecular formula is C14H21IN8O. The summed E-state index contributed by atoms with van der Waals surface area (Å²) in [5.41, 5.74) is 0.653. The lowest BCUT2D eigenvalue weighted by Crippen LogP contribution is -2.41. The Balaban J connectivity index is 0.00000288. The molecule has 0 spiro atoms. The molecule has 24 heavy (non-hydrogen) atoms. The molecule has 0 radical (unpaired) electrons. The number of rotatable bonds is 6. The van der Waals surface area contributed by atoms with Crippen LogP contribution in [0.15, 0.2) is 35.8 Å². The van der Waals surface area contributed by atoms with Crippen LogP contribution in [0.5, 0.6) is 0 Å². The number of carbonyl (C=O) groups is 1. The van der Waals surface area contributed by atoms with Gasteiger partial charge in [-0.3, -0.25) is 14.5 Å². The second-order valence-electron chi connectivity index (χ2n) is 4.64. The number of pyridine rings is 1. The first-order valence-electron chi connectivity index (χ1n) is 7.24. The number of anilines is 1. The Morgan fingerprint density at radius 2 is 2.21 bits per heavy atom. The van der Waals surface area contributed by atoms with Crippen LogP contribution in [0.4, 0.5) is 5.69 Å². The lowest BCUT2D eigenvalue weighted by molar-refractivity contribution is -0.115. The molecule has 0 aliphatic heterocycles. The van der Waals surface area contributed by atoms with Gasteiger partial charge in [-0.2, -0.15) is 5.10 Å². The highest BCUT2D eigenvalue weighted by Crippen LogP contribution is 2.01. The number of carbonyl (C=O) groups excluding carboxylic acids is 1. The average Bonchev–Trinajstić information content (AvgIpc) is 2.96. The lowest BCUT2D eigenvalue weighted by Gasteiger charge is -2.11. The molecule has 130 valence electrons. The number of aliphatic imine (C=N–C) groups is 1. The predicted octanol–water partition coefficient (Wildman–Crippen LogP) is 0.522. The van der Waals surface area contributed by atoms with Crippen molar-refractivity contribution in [3.8, 4) is 0 Å². The van der Waals surface area contributed by atoms with Gasteiger partial charge < -0.3 is 16.0 Å². The fraction of sp³-hybridized carbons (Fsp3) is 0.357. The van der Waals surface area contributed by atoms with E-state index in [4.69, 9.17) is 0 Å². The number of halogens is 1. The minimum absolute atomic E-state index is 0. The molecule has 10 heteroatoms. The smallest absolute Gasteiger partial charge is 0.243 e. The van der Waals surface area contributed by atoms with Gasteiger partial charge in [0.15, 0.2) is 5.96 Å². The minimum Gasteiger partial charge on any atom is -0.357 e. The van der Waals surface area contributed by atoms with Crippen LogP contribution < -0.4 is 16.0 Å². The van der Waals surface area contributed by atoms with Crippen molar-refractivity contribution in [1.82, 2.24) is 30.4 Å². The molecule has 0 aromatic carbocycles. The van der Waals surface area contributed by atoms with Crippen molar-refractivity contribution < 1.29 is 4.79 Å². The van der Waals surface area contributed by atoms with Gasteiger partial charge in [0.05, 0.1) is 18.4 Å². The molecule has 9 nitrogen and oxygen atoms in total. The molecule has 0 saturated heterocycles. The first kappa shape index (κ1) is 19.8. The molecular weight excluding hydrogens is 423 g/mol. The van der Waals surface area contributed by atoms with Crippen molar-refractivity contribution >= 4 is 41.5 Å². The van der Waals surface area contributed by atoms with E-state index >= 15 is 0 Å². The number of guanidine groups is 1. The Morgan fingerprint density at radius 3 is 2.83 bits per heavy atom. The fourth-order valence-electron chi connectivity index (χ4n) is 1.76. The van der Waals surface area contributed by atoms with E-state index in [0.717, 1.165) is 5.82 Å². The molecule has 1 amide bonds. The third kappa shape index (κ3) is 6.48. The minimum atomic E-state index is -0.178. The normalized spacial score (nSPS) is 10.7. The van der Waals surface area contributed by atoms with E-state index < -0.39 is 0 Å². The predicted molar refractivity (Wildman–Crippen MR) is 102 cm³/mol. The van der Waals surface area contributed by atoms with Crippen LogP contribution in [0.3, 0.4) is 0 Å². The Kier molecular flexibility index (Phi) is 8.68. The Labute approximate surface area is 157 Å². The van der Waals surface area contributed by atoms with Gasteiger partial charge in [-0.05, 0) is 19.1 Å². The monoisotopic (exact) mass is 444 g/mol. The van der Waals surface area contributed by atoms with Crippen molar-refractivity contribution in [2.75, 3.05) is 18.4 Å². The van der Waals surface area contributed by atoms with Crippen LogP contribution in [-0.2, 0) is 18.4 Å². The van der Waals surface area contributed by atoms with Gasteiger partial charge >= 0.3 is 0 Å². The number of aromatic nitrogens is 4. The zero-order chi connectivity index (χ0) is 16.5. The Bertz CT molecular complexity index is 658. The molecule has 0 bridgehead atoms. The van der Waals surface area contributed by atoms with Crippen LogP contribution in [0, 0.1) is 0 Å². The van der Waals surface area contributed by atoms with E-state index in [1.807, 2.05) is 6.92 Å². The molecule has 3 N–H and O–H groups in total. The molecule has 2 rings (SSSR count). The van der Waals surface area contributed by atoms with E-state index in [1.165, 1.54) is 6.33 Å². The quantitative estimate of drug-likeness (QED) is 0.341. The number of hydrogen-bond acceptors (Lipinski definition) is 5. The van der Waals surface area contributed by atoms with Gasteiger partial charge in [0.1, 0.15) is 18.7 Å². The van der Waals surface area contributed by atoms with Gasteiger partial charge in [-0.15, -0.1) is 24.0 Å². The third-order valence-corrected chi connectivity index (χ3v) is 2.89. The van der Waals surface area contributed by atoms with Crippen molar-refractivity contribution in [2.45, 2.75) is 13.5 Å². The molecule has 0 atom stereocenters. The first-order valence-corrected chi connectivity index (χ1v) is 7.24. The highest BCUT2D eigenvalue weighted by atomic mass is 127. The molecule has 0 fully saturated rings. The third-order valence-electron chi connectivity index (χ3n) is 2.89. The summed E-state index contributed by atoms with van der Waals surface area (Å²) in [6, 6.07) is 3.54. The van der Waals surface area contributed by atoms with Crippen LogP contribution in [0.2, 0.25) is 0 Å². The van der Waals surface area contributed by atoms with E-state index in [0.29, 0.717) is 24.7 Å². The molecule has 2 heterocycles. The Morgan fingerprint density at radius 1 is 1.38 bits per heavy atom. The highest BCUT2D eigenvalue weighted by Gasteiger charge is 2.05. The van der Waals surface area contributed by atoms with E-state index in [9.17, 15) is 4.79 Å². The van der Waals surface area contributed by atoms with Gasteiger partial charge in [0, 0.05) is 19.8 Å². The standard InChI is InChI=1S/C14H20N8O.HI/c1-3-16-14(17-8-12-19-10-20-22(12)2)18-9-13(23)21-11-5-4-6-15-7-11;/h4-7,10H,3,8-9H2,1-2H3,(H,21,23)(H2,16,17,18);1H. The Hall–Kier alpha value is -2.24. The van der Waals surface area contributed by atoms with E-state index in [-0.39, 0.29) is 36.4 Å². The van der Waals surface area contributed by atoms with Gasteiger partial charge in [0.25, 0.3) is 0 Å². The van der Waals surface area contributed by atoms with Crippen LogP contribution in [0.1, 0.15) is 12.7 Å². The SMILES string of the molecule is CCNC(=NCc1ncnn1C)NCC(=O)Nc1cccnc1.I. The summed E-state index contributed by atoms with van der Waals surface area (Å²) in [6.07, 6.45) is 4.72. The van der Waals surface area contributed by atoms with Gasteiger partial charge in [0.2, 0.25) is 5.91 Å². The maximum atomic E-state index is 11.9. The molecule has 0 unspecified atom stereocenters. The molecule has 0 aliphatic carbocycles. The fourth-order valence-corrected chi connectivity index (χ4v) is 1.76. The summed E-state index contributed by atoms with van der Waals surface area (Å²) in [6.45, 7) is 3.11. The number of nitrogens with one attached hydrogen (secondary N) is 3. The van der Waals surface area contributed by atoms with Crippen molar-refractivity contribution in [3.63, 3.8) is 0 Å². The number of aryl methyl sites for hydroxylation is 1. The number of hydrogen-bond donors (Lipinski definition) is 3. The summed E-state index contributed by atoms with van der Waals surface area (Å²) in [7, 11) is 1.81. The number of nitrogens with zero attached hydrogens (tertiary/aromatic N) is 5. The summed E-state index contributed by atoms with van der Waals surface area (Å²) >= 11 is 0. The summed E-state index contributed by atoms with van der Waals surface area (Å²) < 4.78 is 1.65. The molecule has 2 aromatic rings. The highest BCUT2D eigenvalue weighted by molar-refractivity contribution is 14.0. The van der Waals surface area contributed by atoms with Crippen molar-refractivity contribution in [3.05, 3.63) is 36.7 Å². The first-order chi connectivity index (χ1) is 11.2. The second-order valence-corrected chi connectivity index (χ2v) is 4.64. The van der Waals surface area contributed by atoms with Crippen LogP contribution in [-0.4, -0.2) is 44.7 Å². The second kappa shape index (κ2) is 10.5. The zero-order valence-corrected chi connectivity index (χ0v) is 15.9. The molecule has 0 aliphatic rings. The topological polar surface area (TPSA) is 109 Å². The van der Waals surface area contributed by atoms with Crippen LogP contribution >= 0.6 is 24.0 Å². The number of amides is 1. The van der Waals surface area contributed by atoms with E-state index in [2.05, 4.69) is 36.0 Å². The largest absolute Gasteiger partial charge is 0.357 e.